The summed E-state index contributed by atoms with van der Waals surface area (Å²) in [7, 11) is 0. The van der Waals surface area contributed by atoms with E-state index in [1.165, 1.54) is 0 Å². The van der Waals surface area contributed by atoms with Crippen LogP contribution in [0, 0.1) is 0 Å². The van der Waals surface area contributed by atoms with Crippen LogP contribution < -0.4 is 9.30 Å². The van der Waals surface area contributed by atoms with E-state index in [-0.39, 0.29) is 12.6 Å². The highest BCUT2D eigenvalue weighted by molar-refractivity contribution is 6.35. The van der Waals surface area contributed by atoms with Crippen LogP contribution in [-0.4, -0.2) is 17.3 Å². The van der Waals surface area contributed by atoms with E-state index in [0.29, 0.717) is 16.7 Å². The number of nitrogens with zero attached hydrogens (tertiary/aromatic N) is 2. The number of aromatic nitrogens is 2. The second-order valence-corrected chi connectivity index (χ2v) is 6.71. The maximum Gasteiger partial charge on any atom is 0.242 e. The van der Waals surface area contributed by atoms with Crippen LogP contribution >= 0.6 is 23.2 Å². The topological polar surface area (TPSA) is 50.5 Å². The number of nitrogens with one attached hydrogen (secondary N) is 1. The molecule has 7 heteroatoms. The molecule has 5 nitrogen and oxygen atoms in total. The second kappa shape index (κ2) is 7.40. The molecule has 3 aromatic rings. The molecule has 2 aromatic carbocycles. The van der Waals surface area contributed by atoms with Gasteiger partial charge in [0.15, 0.2) is 6.04 Å². The lowest BCUT2D eigenvalue weighted by molar-refractivity contribution is -0.706. The van der Waals surface area contributed by atoms with Gasteiger partial charge in [-0.3, -0.25) is 4.98 Å². The average Bonchev–Trinajstić information content (AvgIpc) is 3.18. The van der Waals surface area contributed by atoms with Gasteiger partial charge in [0.2, 0.25) is 6.33 Å². The molecule has 0 radical (unpaired) electrons. The number of aromatic amines is 1. The first-order valence-electron chi connectivity index (χ1n) is 8.12. The van der Waals surface area contributed by atoms with Crippen LogP contribution in [0.25, 0.3) is 0 Å². The van der Waals surface area contributed by atoms with Crippen molar-refractivity contribution >= 4 is 28.9 Å². The molecule has 0 spiro atoms. The molecule has 0 aliphatic carbocycles. The molecular weight excluding hydrogens is 373 g/mol. The van der Waals surface area contributed by atoms with Gasteiger partial charge in [0.1, 0.15) is 37.1 Å². The largest absolute Gasteiger partial charge is 0.488 e. The summed E-state index contributed by atoms with van der Waals surface area (Å²) < 4.78 is 7.89. The first kappa shape index (κ1) is 16.9. The van der Waals surface area contributed by atoms with E-state index in [9.17, 15) is 0 Å². The Morgan fingerprint density at radius 2 is 2.12 bits per heavy atom. The fourth-order valence-electron chi connectivity index (χ4n) is 2.87. The first-order chi connectivity index (χ1) is 12.7. The van der Waals surface area contributed by atoms with Gasteiger partial charge in [0.05, 0.1) is 0 Å². The van der Waals surface area contributed by atoms with Crippen molar-refractivity contribution in [2.24, 2.45) is 5.16 Å². The van der Waals surface area contributed by atoms with E-state index >= 15 is 0 Å². The summed E-state index contributed by atoms with van der Waals surface area (Å²) in [5.41, 5.74) is 2.55. The molecule has 1 N–H and O–H groups in total. The number of ether oxygens (including phenoxy) is 1. The Balaban J connectivity index is 1.62. The predicted octanol–water partition coefficient (Wildman–Crippen LogP) is 4.16. The number of rotatable bonds is 4. The van der Waals surface area contributed by atoms with E-state index in [1.54, 1.807) is 12.1 Å². The summed E-state index contributed by atoms with van der Waals surface area (Å²) in [5, 5.41) is 5.58. The number of fused-ring (bicyclic) bond motifs is 1. The number of para-hydroxylation sites is 1. The van der Waals surface area contributed by atoms with Crippen LogP contribution in [0.15, 0.2) is 66.3 Å². The number of oxime groups is 1. The van der Waals surface area contributed by atoms with Crippen molar-refractivity contribution in [1.29, 1.82) is 0 Å². The molecule has 132 valence electrons. The van der Waals surface area contributed by atoms with Crippen LogP contribution in [0.3, 0.4) is 0 Å². The lowest BCUT2D eigenvalue weighted by Gasteiger charge is -2.24. The standard InChI is InChI=1S/C19H15Cl2N3O2/c20-14-6-5-13(16(21)9-14)10-26-23-19-15-3-1-2-4-18(15)25-11-17(19)24-8-7-22-12-24/h1-9,12,17H,10-11H2/p+1/b23-19+. The van der Waals surface area contributed by atoms with E-state index in [2.05, 4.69) is 10.1 Å². The molecule has 4 rings (SSSR count). The van der Waals surface area contributed by atoms with Gasteiger partial charge in [-0.05, 0) is 24.3 Å². The van der Waals surface area contributed by atoms with E-state index in [4.69, 9.17) is 32.8 Å². The van der Waals surface area contributed by atoms with Gasteiger partial charge in [-0.25, -0.2) is 4.57 Å². The highest BCUT2D eigenvalue weighted by atomic mass is 35.5. The number of halogens is 2. The highest BCUT2D eigenvalue weighted by Crippen LogP contribution is 2.28. The summed E-state index contributed by atoms with van der Waals surface area (Å²) in [5.74, 6) is 0.798. The van der Waals surface area contributed by atoms with Crippen molar-refractivity contribution in [2.45, 2.75) is 12.6 Å². The number of hydrogen-bond acceptors (Lipinski definition) is 3. The average molecular weight is 389 g/mol. The third-order valence-electron chi connectivity index (χ3n) is 4.20. The number of hydrogen-bond donors (Lipinski definition) is 1. The smallest absolute Gasteiger partial charge is 0.242 e. The van der Waals surface area contributed by atoms with Crippen LogP contribution in [-0.2, 0) is 11.4 Å². The van der Waals surface area contributed by atoms with Crippen LogP contribution in [0.2, 0.25) is 10.0 Å². The maximum atomic E-state index is 6.20. The molecule has 1 aliphatic rings. The Morgan fingerprint density at radius 3 is 2.92 bits per heavy atom. The maximum absolute atomic E-state index is 6.20. The number of benzene rings is 2. The van der Waals surface area contributed by atoms with Crippen LogP contribution in [0.5, 0.6) is 5.75 Å². The molecule has 0 saturated carbocycles. The zero-order valence-electron chi connectivity index (χ0n) is 13.7. The molecule has 0 fully saturated rings. The highest BCUT2D eigenvalue weighted by Gasteiger charge is 2.32. The summed E-state index contributed by atoms with van der Waals surface area (Å²) in [6.45, 7) is 0.733. The summed E-state index contributed by atoms with van der Waals surface area (Å²) in [6.07, 6.45) is 5.66. The first-order valence-corrected chi connectivity index (χ1v) is 8.87. The molecule has 1 aromatic heterocycles. The van der Waals surface area contributed by atoms with Gasteiger partial charge < -0.3 is 9.57 Å². The van der Waals surface area contributed by atoms with Crippen molar-refractivity contribution in [1.82, 2.24) is 4.98 Å². The second-order valence-electron chi connectivity index (χ2n) is 5.87. The van der Waals surface area contributed by atoms with Crippen molar-refractivity contribution in [2.75, 3.05) is 6.61 Å². The Hall–Kier alpha value is -2.50. The number of imidazole rings is 1. The molecule has 1 atom stereocenters. The molecule has 1 aliphatic heterocycles. The molecule has 2 heterocycles. The molecular formula is C19H16Cl2N3O2+. The Kier molecular flexibility index (Phi) is 4.82. The predicted molar refractivity (Wildman–Crippen MR) is 99.7 cm³/mol. The SMILES string of the molecule is Clc1ccc(CO/N=C2\c3ccccc3OCC2[n+]2cc[nH]c2)c(Cl)c1. The third kappa shape index (κ3) is 3.41. The monoisotopic (exact) mass is 388 g/mol. The summed E-state index contributed by atoms with van der Waals surface area (Å²) in [6, 6.07) is 13.0. The van der Waals surface area contributed by atoms with E-state index in [1.807, 2.05) is 53.6 Å². The summed E-state index contributed by atoms with van der Waals surface area (Å²) in [4.78, 5) is 8.69. The van der Waals surface area contributed by atoms with E-state index < -0.39 is 0 Å². The third-order valence-corrected chi connectivity index (χ3v) is 4.79. The van der Waals surface area contributed by atoms with Crippen LogP contribution in [0.1, 0.15) is 17.2 Å². The minimum absolute atomic E-state index is 0.0863. The van der Waals surface area contributed by atoms with Crippen LogP contribution in [0.4, 0.5) is 0 Å². The van der Waals surface area contributed by atoms with Gasteiger partial charge in [0, 0.05) is 21.2 Å². The normalized spacial score (nSPS) is 17.6. The zero-order chi connectivity index (χ0) is 17.9. The van der Waals surface area contributed by atoms with Gasteiger partial charge in [-0.1, -0.05) is 46.6 Å². The quantitative estimate of drug-likeness (QED) is 0.538. The van der Waals surface area contributed by atoms with Crippen molar-refractivity contribution in [3.05, 3.63) is 82.4 Å². The molecule has 0 bridgehead atoms. The molecule has 0 amide bonds. The van der Waals surface area contributed by atoms with Gasteiger partial charge in [-0.2, -0.15) is 0 Å². The van der Waals surface area contributed by atoms with Gasteiger partial charge in [0.25, 0.3) is 0 Å². The minimum atomic E-state index is -0.0863. The Labute approximate surface area is 160 Å². The summed E-state index contributed by atoms with van der Waals surface area (Å²) >= 11 is 12.1. The van der Waals surface area contributed by atoms with Crippen molar-refractivity contribution in [3.63, 3.8) is 0 Å². The minimum Gasteiger partial charge on any atom is -0.488 e. The number of H-pyrrole nitrogens is 1. The van der Waals surface area contributed by atoms with E-state index in [0.717, 1.165) is 22.6 Å². The lowest BCUT2D eigenvalue weighted by atomic mass is 10.00. The molecule has 0 saturated heterocycles. The van der Waals surface area contributed by atoms with Crippen molar-refractivity contribution in [3.8, 4) is 5.75 Å². The Morgan fingerprint density at radius 1 is 1.23 bits per heavy atom. The Bertz CT molecular complexity index is 942. The lowest BCUT2D eigenvalue weighted by Crippen LogP contribution is -2.48. The molecule has 26 heavy (non-hydrogen) atoms. The molecule has 1 unspecified atom stereocenters. The zero-order valence-corrected chi connectivity index (χ0v) is 15.2. The fourth-order valence-corrected chi connectivity index (χ4v) is 3.34. The fraction of sp³-hybridized carbons (Fsp3) is 0.158. The van der Waals surface area contributed by atoms with Gasteiger partial charge >= 0.3 is 0 Å². The van der Waals surface area contributed by atoms with Crippen molar-refractivity contribution < 1.29 is 14.1 Å². The van der Waals surface area contributed by atoms with Gasteiger partial charge in [-0.15, -0.1) is 0 Å².